The summed E-state index contributed by atoms with van der Waals surface area (Å²) in [6.45, 7) is 1.77. The Balaban J connectivity index is 1.91. The Labute approximate surface area is 111 Å². The molecule has 4 heteroatoms. The number of hydrogen-bond acceptors (Lipinski definition) is 4. The van der Waals surface area contributed by atoms with E-state index in [2.05, 4.69) is 39.5 Å². The topological polar surface area (TPSA) is 42.1 Å². The molecule has 2 aromatic rings. The Bertz CT molecular complexity index is 510. The average Bonchev–Trinajstić information content (AvgIpc) is 2.83. The smallest absolute Gasteiger partial charge is 0.0795 e. The van der Waals surface area contributed by atoms with E-state index in [0.29, 0.717) is 0 Å². The van der Waals surface area contributed by atoms with Crippen molar-refractivity contribution in [1.29, 1.82) is 0 Å². The van der Waals surface area contributed by atoms with Crippen LogP contribution in [0.25, 0.3) is 0 Å². The third-order valence-corrected chi connectivity index (χ3v) is 4.04. The molecule has 1 aliphatic rings. The van der Waals surface area contributed by atoms with Crippen molar-refractivity contribution in [3.05, 3.63) is 46.4 Å². The van der Waals surface area contributed by atoms with Gasteiger partial charge in [0.15, 0.2) is 0 Å². The number of anilines is 1. The van der Waals surface area contributed by atoms with Crippen molar-refractivity contribution in [2.24, 2.45) is 5.73 Å². The van der Waals surface area contributed by atoms with E-state index in [1.807, 2.05) is 5.51 Å². The molecule has 0 bridgehead atoms. The zero-order valence-corrected chi connectivity index (χ0v) is 11.1. The zero-order valence-electron chi connectivity index (χ0n) is 10.2. The van der Waals surface area contributed by atoms with E-state index in [4.69, 9.17) is 5.73 Å². The molecule has 3 nitrogen and oxygen atoms in total. The molecule has 0 fully saturated rings. The minimum atomic E-state index is 0.246. The largest absolute Gasteiger partial charge is 0.364 e. The molecule has 0 amide bonds. The quantitative estimate of drug-likeness (QED) is 0.900. The monoisotopic (exact) mass is 259 g/mol. The fraction of sp³-hybridized carbons (Fsp3) is 0.357. The van der Waals surface area contributed by atoms with Crippen LogP contribution in [0.5, 0.6) is 0 Å². The van der Waals surface area contributed by atoms with E-state index in [0.717, 1.165) is 31.6 Å². The van der Waals surface area contributed by atoms with Crippen molar-refractivity contribution < 1.29 is 0 Å². The van der Waals surface area contributed by atoms with Crippen molar-refractivity contribution in [3.63, 3.8) is 0 Å². The normalized spacial score (nSPS) is 19.4. The molecule has 94 valence electrons. The highest BCUT2D eigenvalue weighted by Gasteiger charge is 2.19. The van der Waals surface area contributed by atoms with Crippen LogP contribution < -0.4 is 10.6 Å². The molecule has 1 unspecified atom stereocenters. The molecule has 0 radical (unpaired) electrons. The van der Waals surface area contributed by atoms with Gasteiger partial charge in [0.05, 0.1) is 17.7 Å². The number of nitrogens with zero attached hydrogens (tertiary/aromatic N) is 2. The highest BCUT2D eigenvalue weighted by atomic mass is 32.1. The van der Waals surface area contributed by atoms with Gasteiger partial charge in [-0.3, -0.25) is 0 Å². The second-order valence-corrected chi connectivity index (χ2v) is 5.51. The van der Waals surface area contributed by atoms with Gasteiger partial charge in [-0.2, -0.15) is 0 Å². The lowest BCUT2D eigenvalue weighted by Crippen LogP contribution is -2.36. The number of nitrogens with two attached hydrogens (primary N) is 1. The summed E-state index contributed by atoms with van der Waals surface area (Å²) in [6.07, 6.45) is 2.13. The Kier molecular flexibility index (Phi) is 3.30. The summed E-state index contributed by atoms with van der Waals surface area (Å²) in [7, 11) is 0. The SMILES string of the molecule is NC1CCc2ccccc2N(Cc2cscn2)C1. The van der Waals surface area contributed by atoms with E-state index >= 15 is 0 Å². The van der Waals surface area contributed by atoms with E-state index in [-0.39, 0.29) is 6.04 Å². The van der Waals surface area contributed by atoms with Gasteiger partial charge in [0.25, 0.3) is 0 Å². The number of hydrogen-bond donors (Lipinski definition) is 1. The van der Waals surface area contributed by atoms with Gasteiger partial charge in [0, 0.05) is 23.7 Å². The van der Waals surface area contributed by atoms with Crippen LogP contribution in [0.4, 0.5) is 5.69 Å². The van der Waals surface area contributed by atoms with Crippen molar-refractivity contribution in [2.75, 3.05) is 11.4 Å². The third kappa shape index (κ3) is 2.40. The minimum Gasteiger partial charge on any atom is -0.364 e. The molecule has 1 aromatic heterocycles. The highest BCUT2D eigenvalue weighted by Crippen LogP contribution is 2.27. The number of thiazole rings is 1. The van der Waals surface area contributed by atoms with Crippen LogP contribution in [0.3, 0.4) is 0 Å². The lowest BCUT2D eigenvalue weighted by atomic mass is 10.1. The summed E-state index contributed by atoms with van der Waals surface area (Å²) in [5.74, 6) is 0. The summed E-state index contributed by atoms with van der Waals surface area (Å²) < 4.78 is 0. The van der Waals surface area contributed by atoms with Crippen molar-refractivity contribution in [2.45, 2.75) is 25.4 Å². The van der Waals surface area contributed by atoms with E-state index in [1.165, 1.54) is 11.3 Å². The molecular formula is C14H17N3S. The molecule has 0 spiro atoms. The summed E-state index contributed by atoms with van der Waals surface area (Å²) in [5.41, 5.74) is 11.9. The number of benzene rings is 1. The van der Waals surface area contributed by atoms with Crippen LogP contribution in [0, 0.1) is 0 Å². The molecular weight excluding hydrogens is 242 g/mol. The summed E-state index contributed by atoms with van der Waals surface area (Å²) in [6, 6.07) is 8.86. The second-order valence-electron chi connectivity index (χ2n) is 4.79. The molecule has 0 saturated heterocycles. The van der Waals surface area contributed by atoms with Gasteiger partial charge in [-0.05, 0) is 24.5 Å². The summed E-state index contributed by atoms with van der Waals surface area (Å²) >= 11 is 1.65. The van der Waals surface area contributed by atoms with Gasteiger partial charge >= 0.3 is 0 Å². The first-order chi connectivity index (χ1) is 8.83. The third-order valence-electron chi connectivity index (χ3n) is 3.41. The second kappa shape index (κ2) is 5.08. The molecule has 2 N–H and O–H groups in total. The van der Waals surface area contributed by atoms with E-state index < -0.39 is 0 Å². The highest BCUT2D eigenvalue weighted by molar-refractivity contribution is 7.07. The summed E-state index contributed by atoms with van der Waals surface area (Å²) in [4.78, 5) is 6.74. The average molecular weight is 259 g/mol. The maximum atomic E-state index is 6.17. The van der Waals surface area contributed by atoms with E-state index in [9.17, 15) is 0 Å². The Morgan fingerprint density at radius 2 is 2.28 bits per heavy atom. The van der Waals surface area contributed by atoms with Crippen LogP contribution in [-0.2, 0) is 13.0 Å². The number of aromatic nitrogens is 1. The zero-order chi connectivity index (χ0) is 12.4. The predicted octanol–water partition coefficient (Wildman–Crippen LogP) is 2.42. The number of fused-ring (bicyclic) bond motifs is 1. The maximum absolute atomic E-state index is 6.17. The first kappa shape index (κ1) is 11.7. The first-order valence-corrected chi connectivity index (χ1v) is 7.23. The van der Waals surface area contributed by atoms with Crippen molar-refractivity contribution in [3.8, 4) is 0 Å². The molecule has 1 atom stereocenters. The molecule has 3 rings (SSSR count). The standard InChI is InChI=1S/C14H17N3S/c15-12-6-5-11-3-1-2-4-14(11)17(7-12)8-13-9-18-10-16-13/h1-4,9-10,12H,5-8,15H2. The Hall–Kier alpha value is -1.39. The Morgan fingerprint density at radius 3 is 3.11 bits per heavy atom. The van der Waals surface area contributed by atoms with Crippen LogP contribution in [0.2, 0.25) is 0 Å². The molecule has 1 aromatic carbocycles. The van der Waals surface area contributed by atoms with Gasteiger partial charge in [-0.1, -0.05) is 18.2 Å². The molecule has 0 aliphatic carbocycles. The van der Waals surface area contributed by atoms with Crippen LogP contribution in [0.1, 0.15) is 17.7 Å². The van der Waals surface area contributed by atoms with Gasteiger partial charge in [-0.25, -0.2) is 4.98 Å². The predicted molar refractivity (Wildman–Crippen MR) is 75.9 cm³/mol. The van der Waals surface area contributed by atoms with E-state index in [1.54, 1.807) is 11.3 Å². The van der Waals surface area contributed by atoms with Crippen molar-refractivity contribution >= 4 is 17.0 Å². The van der Waals surface area contributed by atoms with Crippen LogP contribution in [-0.4, -0.2) is 17.6 Å². The van der Waals surface area contributed by atoms with Crippen LogP contribution >= 0.6 is 11.3 Å². The minimum absolute atomic E-state index is 0.246. The van der Waals surface area contributed by atoms with Gasteiger partial charge in [-0.15, -0.1) is 11.3 Å². The molecule has 18 heavy (non-hydrogen) atoms. The van der Waals surface area contributed by atoms with Gasteiger partial charge in [0.1, 0.15) is 0 Å². The fourth-order valence-electron chi connectivity index (χ4n) is 2.51. The Morgan fingerprint density at radius 1 is 1.39 bits per heavy atom. The number of para-hydroxylation sites is 1. The summed E-state index contributed by atoms with van der Waals surface area (Å²) in [5, 5.41) is 2.11. The van der Waals surface area contributed by atoms with Gasteiger partial charge < -0.3 is 10.6 Å². The lowest BCUT2D eigenvalue weighted by Gasteiger charge is -2.25. The molecule has 2 heterocycles. The maximum Gasteiger partial charge on any atom is 0.0795 e. The van der Waals surface area contributed by atoms with Gasteiger partial charge in [0.2, 0.25) is 0 Å². The molecule has 0 saturated carbocycles. The lowest BCUT2D eigenvalue weighted by molar-refractivity contribution is 0.605. The first-order valence-electron chi connectivity index (χ1n) is 6.28. The number of aryl methyl sites for hydroxylation is 1. The van der Waals surface area contributed by atoms with Crippen molar-refractivity contribution in [1.82, 2.24) is 4.98 Å². The molecule has 1 aliphatic heterocycles. The number of rotatable bonds is 2. The fourth-order valence-corrected chi connectivity index (χ4v) is 3.05. The van der Waals surface area contributed by atoms with Crippen LogP contribution in [0.15, 0.2) is 35.2 Å².